The van der Waals surface area contributed by atoms with Gasteiger partial charge in [-0.2, -0.15) is 5.26 Å². The zero-order chi connectivity index (χ0) is 20.5. The quantitative estimate of drug-likeness (QED) is 0.536. The predicted molar refractivity (Wildman–Crippen MR) is 106 cm³/mol. The van der Waals surface area contributed by atoms with E-state index in [-0.39, 0.29) is 24.2 Å². The Kier molecular flexibility index (Phi) is 7.66. The van der Waals surface area contributed by atoms with Gasteiger partial charge in [0.05, 0.1) is 35.4 Å². The highest BCUT2D eigenvalue weighted by molar-refractivity contribution is 6.33. The number of nitrogens with two attached hydrogens (primary N) is 1. The molecule has 0 saturated carbocycles. The lowest BCUT2D eigenvalue weighted by molar-refractivity contribution is -0.121. The number of halogens is 1. The van der Waals surface area contributed by atoms with Crippen molar-refractivity contribution in [2.24, 2.45) is 0 Å². The van der Waals surface area contributed by atoms with Gasteiger partial charge in [0.25, 0.3) is 5.91 Å². The third kappa shape index (κ3) is 5.63. The Labute approximate surface area is 168 Å². The fourth-order valence-corrected chi connectivity index (χ4v) is 2.53. The van der Waals surface area contributed by atoms with Gasteiger partial charge in [-0.15, -0.1) is 0 Å². The van der Waals surface area contributed by atoms with Crippen molar-refractivity contribution in [3.05, 3.63) is 53.1 Å². The maximum absolute atomic E-state index is 12.6. The van der Waals surface area contributed by atoms with Gasteiger partial charge < -0.3 is 20.1 Å². The van der Waals surface area contributed by atoms with E-state index in [1.54, 1.807) is 24.3 Å². The molecule has 2 aromatic carbocycles. The van der Waals surface area contributed by atoms with Crippen molar-refractivity contribution in [2.75, 3.05) is 30.4 Å². The summed E-state index contributed by atoms with van der Waals surface area (Å²) >= 11 is 5.83. The maximum Gasteiger partial charge on any atom is 0.338 e. The van der Waals surface area contributed by atoms with Crippen LogP contribution in [0.15, 0.2) is 42.5 Å². The third-order valence-electron chi connectivity index (χ3n) is 3.77. The summed E-state index contributed by atoms with van der Waals surface area (Å²) in [5.41, 5.74) is 6.69. The summed E-state index contributed by atoms with van der Waals surface area (Å²) in [5.74, 6) is -0.468. The molecule has 8 heteroatoms. The van der Waals surface area contributed by atoms with Crippen LogP contribution in [0.5, 0.6) is 5.75 Å². The van der Waals surface area contributed by atoms with Gasteiger partial charge >= 0.3 is 5.97 Å². The number of hydrogen-bond acceptors (Lipinski definition) is 6. The SMILES string of the molecule is CCOc1ccc(N(CCC#N)C(=O)COC(=O)c2ccc(Cl)c(N)c2)cc1. The highest BCUT2D eigenvalue weighted by Crippen LogP contribution is 2.21. The molecule has 0 heterocycles. The second-order valence-corrected chi connectivity index (χ2v) is 6.10. The van der Waals surface area contributed by atoms with E-state index in [4.69, 9.17) is 32.1 Å². The number of carbonyl (C=O) groups is 2. The van der Waals surface area contributed by atoms with Crippen molar-refractivity contribution >= 4 is 34.9 Å². The van der Waals surface area contributed by atoms with Crippen LogP contribution in [0, 0.1) is 11.3 Å². The Bertz CT molecular complexity index is 878. The summed E-state index contributed by atoms with van der Waals surface area (Å²) in [6, 6.07) is 13.2. The molecule has 28 heavy (non-hydrogen) atoms. The molecule has 7 nitrogen and oxygen atoms in total. The van der Waals surface area contributed by atoms with Crippen molar-refractivity contribution in [2.45, 2.75) is 13.3 Å². The number of benzene rings is 2. The van der Waals surface area contributed by atoms with E-state index in [1.165, 1.54) is 23.1 Å². The number of hydrogen-bond donors (Lipinski definition) is 1. The number of nitriles is 1. The minimum atomic E-state index is -0.691. The van der Waals surface area contributed by atoms with Crippen molar-refractivity contribution in [1.29, 1.82) is 5.26 Å². The summed E-state index contributed by atoms with van der Waals surface area (Å²) in [4.78, 5) is 26.1. The highest BCUT2D eigenvalue weighted by Gasteiger charge is 2.18. The molecule has 0 aliphatic carbocycles. The Hall–Kier alpha value is -3.24. The van der Waals surface area contributed by atoms with Crippen LogP contribution in [0.4, 0.5) is 11.4 Å². The van der Waals surface area contributed by atoms with Crippen LogP contribution in [-0.2, 0) is 9.53 Å². The Morgan fingerprint density at radius 2 is 1.93 bits per heavy atom. The molecule has 0 unspecified atom stereocenters. The van der Waals surface area contributed by atoms with Crippen LogP contribution < -0.4 is 15.4 Å². The number of rotatable bonds is 8. The molecule has 2 N–H and O–H groups in total. The number of nitrogen functional groups attached to an aromatic ring is 1. The molecule has 2 aromatic rings. The first-order valence-electron chi connectivity index (χ1n) is 8.58. The first-order chi connectivity index (χ1) is 13.5. The lowest BCUT2D eigenvalue weighted by atomic mass is 10.2. The van der Waals surface area contributed by atoms with Crippen LogP contribution in [0.1, 0.15) is 23.7 Å². The van der Waals surface area contributed by atoms with E-state index in [0.29, 0.717) is 23.1 Å². The van der Waals surface area contributed by atoms with E-state index in [1.807, 2.05) is 13.0 Å². The molecule has 0 atom stereocenters. The lowest BCUT2D eigenvalue weighted by Gasteiger charge is -2.22. The lowest BCUT2D eigenvalue weighted by Crippen LogP contribution is -2.35. The minimum absolute atomic E-state index is 0.139. The maximum atomic E-state index is 12.6. The van der Waals surface area contributed by atoms with Gasteiger partial charge in [-0.1, -0.05) is 11.6 Å². The topological polar surface area (TPSA) is 106 Å². The van der Waals surface area contributed by atoms with Gasteiger partial charge in [0.1, 0.15) is 5.75 Å². The molecule has 0 saturated heterocycles. The van der Waals surface area contributed by atoms with Gasteiger partial charge in [0.15, 0.2) is 6.61 Å². The van der Waals surface area contributed by atoms with Crippen molar-refractivity contribution in [3.63, 3.8) is 0 Å². The number of ether oxygens (including phenoxy) is 2. The number of carbonyl (C=O) groups excluding carboxylic acids is 2. The largest absolute Gasteiger partial charge is 0.494 e. The minimum Gasteiger partial charge on any atom is -0.494 e. The summed E-state index contributed by atoms with van der Waals surface area (Å²) < 4.78 is 10.5. The fourth-order valence-electron chi connectivity index (χ4n) is 2.41. The second kappa shape index (κ2) is 10.2. The highest BCUT2D eigenvalue weighted by atomic mass is 35.5. The molecule has 2 rings (SSSR count). The molecular weight excluding hydrogens is 382 g/mol. The third-order valence-corrected chi connectivity index (χ3v) is 4.11. The van der Waals surface area contributed by atoms with Crippen molar-refractivity contribution in [1.82, 2.24) is 0 Å². The Morgan fingerprint density at radius 3 is 2.54 bits per heavy atom. The standard InChI is InChI=1S/C20H20ClN3O4/c1-2-27-16-7-5-15(6-8-16)24(11-3-10-22)19(25)13-28-20(26)14-4-9-17(21)18(23)12-14/h4-9,12H,2-3,11,13,23H2,1H3. The number of anilines is 2. The molecule has 0 spiro atoms. The molecule has 146 valence electrons. The Balaban J connectivity index is 2.06. The number of esters is 1. The van der Waals surface area contributed by atoms with Crippen molar-refractivity contribution < 1.29 is 19.1 Å². The summed E-state index contributed by atoms with van der Waals surface area (Å²) in [5, 5.41) is 9.18. The molecular formula is C20H20ClN3O4. The molecule has 0 aliphatic heterocycles. The summed E-state index contributed by atoms with van der Waals surface area (Å²) in [7, 11) is 0. The van der Waals surface area contributed by atoms with Crippen LogP contribution >= 0.6 is 11.6 Å². The Morgan fingerprint density at radius 1 is 1.21 bits per heavy atom. The van der Waals surface area contributed by atoms with Crippen molar-refractivity contribution in [3.8, 4) is 11.8 Å². The summed E-state index contributed by atoms with van der Waals surface area (Å²) in [6.07, 6.45) is 0.139. The average Bonchev–Trinajstić information content (AvgIpc) is 2.70. The predicted octanol–water partition coefficient (Wildman–Crippen LogP) is 3.42. The zero-order valence-corrected chi connectivity index (χ0v) is 16.1. The van der Waals surface area contributed by atoms with E-state index < -0.39 is 18.5 Å². The molecule has 0 radical (unpaired) electrons. The molecule has 1 amide bonds. The van der Waals surface area contributed by atoms with Gasteiger partial charge in [0, 0.05) is 12.2 Å². The molecule has 0 fully saturated rings. The van der Waals surface area contributed by atoms with E-state index in [2.05, 4.69) is 0 Å². The first-order valence-corrected chi connectivity index (χ1v) is 8.96. The fraction of sp³-hybridized carbons (Fsp3) is 0.250. The number of amides is 1. The second-order valence-electron chi connectivity index (χ2n) is 5.69. The normalized spacial score (nSPS) is 10.0. The molecule has 0 aliphatic rings. The van der Waals surface area contributed by atoms with Gasteiger partial charge in [0.2, 0.25) is 0 Å². The van der Waals surface area contributed by atoms with Gasteiger partial charge in [-0.05, 0) is 49.4 Å². The molecule has 0 bridgehead atoms. The van der Waals surface area contributed by atoms with Crippen LogP contribution in [0.3, 0.4) is 0 Å². The summed E-state index contributed by atoms with van der Waals surface area (Å²) in [6.45, 7) is 2.11. The monoisotopic (exact) mass is 401 g/mol. The van der Waals surface area contributed by atoms with E-state index in [0.717, 1.165) is 0 Å². The smallest absolute Gasteiger partial charge is 0.338 e. The number of nitrogens with zero attached hydrogens (tertiary/aromatic N) is 2. The van der Waals surface area contributed by atoms with E-state index >= 15 is 0 Å². The average molecular weight is 402 g/mol. The van der Waals surface area contributed by atoms with E-state index in [9.17, 15) is 9.59 Å². The zero-order valence-electron chi connectivity index (χ0n) is 15.4. The van der Waals surface area contributed by atoms with Crippen LogP contribution in [0.25, 0.3) is 0 Å². The molecule has 0 aromatic heterocycles. The first kappa shape index (κ1) is 21.1. The van der Waals surface area contributed by atoms with Crippen LogP contribution in [-0.4, -0.2) is 31.6 Å². The van der Waals surface area contributed by atoms with Gasteiger partial charge in [-0.25, -0.2) is 4.79 Å². The van der Waals surface area contributed by atoms with Crippen LogP contribution in [0.2, 0.25) is 5.02 Å². The van der Waals surface area contributed by atoms with Gasteiger partial charge in [-0.3, -0.25) is 4.79 Å².